The Hall–Kier alpha value is -2.43. The largest absolute Gasteiger partial charge is 0.348 e. The van der Waals surface area contributed by atoms with Crippen LogP contribution in [0.2, 0.25) is 0 Å². The van der Waals surface area contributed by atoms with Crippen LogP contribution in [0.25, 0.3) is 0 Å². The summed E-state index contributed by atoms with van der Waals surface area (Å²) < 4.78 is 1.47. The molecule has 1 heterocycles. The molecule has 0 aliphatic carbocycles. The van der Waals surface area contributed by atoms with E-state index in [1.54, 1.807) is 6.92 Å². The van der Waals surface area contributed by atoms with Crippen LogP contribution in [0.1, 0.15) is 47.5 Å². The molecule has 0 fully saturated rings. The van der Waals surface area contributed by atoms with Gasteiger partial charge in [0.15, 0.2) is 0 Å². The molecule has 1 N–H and O–H groups in total. The van der Waals surface area contributed by atoms with Crippen molar-refractivity contribution < 1.29 is 4.79 Å². The third-order valence-electron chi connectivity index (χ3n) is 4.20. The van der Waals surface area contributed by atoms with Crippen LogP contribution in [0.5, 0.6) is 0 Å². The Balaban J connectivity index is 2.40. The average molecular weight is 327 g/mol. The summed E-state index contributed by atoms with van der Waals surface area (Å²) in [5.41, 5.74) is 5.02. The summed E-state index contributed by atoms with van der Waals surface area (Å²) in [5.74, 6) is -0.191. The minimum Gasteiger partial charge on any atom is -0.324 e. The quantitative estimate of drug-likeness (QED) is 0.936. The Bertz CT molecular complexity index is 814. The molecule has 0 saturated carbocycles. The maximum Gasteiger partial charge on any atom is 0.348 e. The summed E-state index contributed by atoms with van der Waals surface area (Å²) >= 11 is 0. The fourth-order valence-electron chi connectivity index (χ4n) is 3.21. The van der Waals surface area contributed by atoms with Crippen molar-refractivity contribution in [2.45, 2.75) is 54.0 Å². The van der Waals surface area contributed by atoms with Crippen LogP contribution in [0, 0.1) is 34.6 Å². The molecule has 0 bridgehead atoms. The third kappa shape index (κ3) is 3.55. The molecule has 5 nitrogen and oxygen atoms in total. The van der Waals surface area contributed by atoms with Crippen LogP contribution >= 0.6 is 0 Å². The highest BCUT2D eigenvalue weighted by Crippen LogP contribution is 2.24. The minimum atomic E-state index is -0.578. The molecule has 128 valence electrons. The molecule has 1 amide bonds. The van der Waals surface area contributed by atoms with Crippen molar-refractivity contribution >= 4 is 11.6 Å². The molecule has 0 saturated heterocycles. The van der Waals surface area contributed by atoms with Crippen LogP contribution in [0.4, 0.5) is 5.69 Å². The van der Waals surface area contributed by atoms with E-state index in [0.29, 0.717) is 12.1 Å². The van der Waals surface area contributed by atoms with Crippen molar-refractivity contribution in [3.05, 3.63) is 56.8 Å². The molecule has 1 aromatic heterocycles. The fraction of sp³-hybridized carbons (Fsp3) is 0.421. The highest BCUT2D eigenvalue weighted by molar-refractivity contribution is 5.95. The molecule has 0 aliphatic rings. The predicted molar refractivity (Wildman–Crippen MR) is 96.6 cm³/mol. The zero-order valence-corrected chi connectivity index (χ0v) is 15.2. The number of carbonyl (C=O) groups is 1. The van der Waals surface area contributed by atoms with Crippen LogP contribution in [-0.2, 0) is 4.79 Å². The van der Waals surface area contributed by atoms with E-state index < -0.39 is 6.04 Å². The van der Waals surface area contributed by atoms with Gasteiger partial charge in [-0.3, -0.25) is 9.36 Å². The lowest BCUT2D eigenvalue weighted by molar-refractivity contribution is -0.119. The zero-order chi connectivity index (χ0) is 18.0. The first kappa shape index (κ1) is 17.9. The van der Waals surface area contributed by atoms with E-state index in [0.717, 1.165) is 28.1 Å². The fourth-order valence-corrected chi connectivity index (χ4v) is 3.21. The van der Waals surface area contributed by atoms with Crippen LogP contribution in [0.3, 0.4) is 0 Å². The molecule has 2 aromatic rings. The molecular weight excluding hydrogens is 302 g/mol. The Morgan fingerprint density at radius 1 is 1.12 bits per heavy atom. The van der Waals surface area contributed by atoms with E-state index in [4.69, 9.17) is 0 Å². The van der Waals surface area contributed by atoms with Gasteiger partial charge < -0.3 is 5.32 Å². The van der Waals surface area contributed by atoms with Gasteiger partial charge in [-0.1, -0.05) is 24.6 Å². The first-order valence-corrected chi connectivity index (χ1v) is 8.20. The standard InChI is InChI=1S/C19H25N3O2/c1-7-16(22-15(6)10-14(5)20-19(22)24)18(23)21-17-12(3)8-11(2)9-13(17)4/h8-10,16H,7H2,1-6H3,(H,21,23)/t16-/m0/s1. The maximum atomic E-state index is 12.8. The monoisotopic (exact) mass is 327 g/mol. The highest BCUT2D eigenvalue weighted by atomic mass is 16.2. The van der Waals surface area contributed by atoms with E-state index in [1.807, 2.05) is 52.8 Å². The van der Waals surface area contributed by atoms with Crippen molar-refractivity contribution in [2.24, 2.45) is 0 Å². The molecule has 2 rings (SSSR count). The van der Waals surface area contributed by atoms with E-state index in [-0.39, 0.29) is 11.6 Å². The number of hydrogen-bond donors (Lipinski definition) is 1. The molecular formula is C19H25N3O2. The molecule has 0 radical (unpaired) electrons. The first-order chi connectivity index (χ1) is 11.2. The van der Waals surface area contributed by atoms with E-state index in [1.165, 1.54) is 4.57 Å². The van der Waals surface area contributed by atoms with Gasteiger partial charge >= 0.3 is 5.69 Å². The lowest BCUT2D eigenvalue weighted by atomic mass is 10.0. The van der Waals surface area contributed by atoms with E-state index in [2.05, 4.69) is 10.3 Å². The Labute approximate surface area is 142 Å². The van der Waals surface area contributed by atoms with Gasteiger partial charge in [0.1, 0.15) is 6.04 Å². The summed E-state index contributed by atoms with van der Waals surface area (Å²) in [6.07, 6.45) is 0.515. The number of amides is 1. The second-order valence-electron chi connectivity index (χ2n) is 6.38. The van der Waals surface area contributed by atoms with Crippen molar-refractivity contribution in [3.8, 4) is 0 Å². The smallest absolute Gasteiger partial charge is 0.324 e. The number of benzene rings is 1. The van der Waals surface area contributed by atoms with Gasteiger partial charge in [0.05, 0.1) is 0 Å². The molecule has 24 heavy (non-hydrogen) atoms. The number of nitrogens with zero attached hydrogens (tertiary/aromatic N) is 2. The predicted octanol–water partition coefficient (Wildman–Crippen LogP) is 3.38. The molecule has 0 unspecified atom stereocenters. The Morgan fingerprint density at radius 2 is 1.71 bits per heavy atom. The summed E-state index contributed by atoms with van der Waals surface area (Å²) in [7, 11) is 0. The second kappa shape index (κ2) is 6.99. The third-order valence-corrected chi connectivity index (χ3v) is 4.20. The van der Waals surface area contributed by atoms with Gasteiger partial charge in [-0.25, -0.2) is 4.79 Å². The number of nitrogens with one attached hydrogen (secondary N) is 1. The Kier molecular flexibility index (Phi) is 5.22. The summed E-state index contributed by atoms with van der Waals surface area (Å²) in [4.78, 5) is 29.1. The average Bonchev–Trinajstić information content (AvgIpc) is 2.46. The normalized spacial score (nSPS) is 12.1. The highest BCUT2D eigenvalue weighted by Gasteiger charge is 2.23. The molecule has 5 heteroatoms. The van der Waals surface area contributed by atoms with Gasteiger partial charge in [-0.15, -0.1) is 0 Å². The minimum absolute atomic E-state index is 0.191. The van der Waals surface area contributed by atoms with Crippen LogP contribution in [-0.4, -0.2) is 15.5 Å². The van der Waals surface area contributed by atoms with E-state index >= 15 is 0 Å². The van der Waals surface area contributed by atoms with Crippen LogP contribution < -0.4 is 11.0 Å². The Morgan fingerprint density at radius 3 is 2.21 bits per heavy atom. The van der Waals surface area contributed by atoms with Crippen molar-refractivity contribution in [1.82, 2.24) is 9.55 Å². The van der Waals surface area contributed by atoms with Crippen molar-refractivity contribution in [2.75, 3.05) is 5.32 Å². The summed E-state index contributed by atoms with van der Waals surface area (Å²) in [6.45, 7) is 11.5. The van der Waals surface area contributed by atoms with Gasteiger partial charge in [0, 0.05) is 17.1 Å². The molecule has 0 aliphatic heterocycles. The maximum absolute atomic E-state index is 12.8. The molecule has 1 aromatic carbocycles. The van der Waals surface area contributed by atoms with Gasteiger partial charge in [-0.2, -0.15) is 4.98 Å². The summed E-state index contributed by atoms with van der Waals surface area (Å²) in [6, 6.07) is 5.31. The first-order valence-electron chi connectivity index (χ1n) is 8.20. The summed E-state index contributed by atoms with van der Waals surface area (Å²) in [5, 5.41) is 3.00. The second-order valence-corrected chi connectivity index (χ2v) is 6.38. The van der Waals surface area contributed by atoms with E-state index in [9.17, 15) is 9.59 Å². The van der Waals surface area contributed by atoms with Crippen molar-refractivity contribution in [1.29, 1.82) is 0 Å². The number of hydrogen-bond acceptors (Lipinski definition) is 3. The number of aryl methyl sites for hydroxylation is 5. The topological polar surface area (TPSA) is 64.0 Å². The lowest BCUT2D eigenvalue weighted by Crippen LogP contribution is -2.36. The van der Waals surface area contributed by atoms with Crippen molar-refractivity contribution in [3.63, 3.8) is 0 Å². The van der Waals surface area contributed by atoms with Gasteiger partial charge in [-0.05, 0) is 58.2 Å². The number of anilines is 1. The molecule has 1 atom stereocenters. The lowest BCUT2D eigenvalue weighted by Gasteiger charge is -2.21. The number of rotatable bonds is 4. The zero-order valence-electron chi connectivity index (χ0n) is 15.2. The number of aromatic nitrogens is 2. The SMILES string of the molecule is CC[C@@H](C(=O)Nc1c(C)cc(C)cc1C)n1c(C)cc(C)nc1=O. The van der Waals surface area contributed by atoms with Gasteiger partial charge in [0.25, 0.3) is 0 Å². The number of carbonyl (C=O) groups excluding carboxylic acids is 1. The molecule has 0 spiro atoms. The van der Waals surface area contributed by atoms with Crippen LogP contribution in [0.15, 0.2) is 23.0 Å². The van der Waals surface area contributed by atoms with Gasteiger partial charge in [0.2, 0.25) is 5.91 Å².